The van der Waals surface area contributed by atoms with Gasteiger partial charge in [0.15, 0.2) is 0 Å². The minimum Gasteiger partial charge on any atom is -0.456 e. The molecular weight excluding hydrogens is 202 g/mol. The number of carbonyl (C=O) groups excluding carboxylic acids is 1. The van der Waals surface area contributed by atoms with Crippen molar-refractivity contribution in [2.24, 2.45) is 5.92 Å². The molecule has 1 heterocycles. The van der Waals surface area contributed by atoms with Crippen molar-refractivity contribution in [1.29, 1.82) is 0 Å². The largest absolute Gasteiger partial charge is 0.456 e. The highest BCUT2D eigenvalue weighted by atomic mass is 16.6. The zero-order valence-electron chi connectivity index (χ0n) is 10.4. The molecule has 0 unspecified atom stereocenters. The van der Waals surface area contributed by atoms with E-state index < -0.39 is 5.60 Å². The predicted molar refractivity (Wildman–Crippen MR) is 65.1 cm³/mol. The highest BCUT2D eigenvalue weighted by Gasteiger charge is 2.40. The molecule has 0 amide bonds. The molecule has 1 fully saturated rings. The molecule has 1 saturated heterocycles. The summed E-state index contributed by atoms with van der Waals surface area (Å²) in [7, 11) is 0. The summed E-state index contributed by atoms with van der Waals surface area (Å²) < 4.78 is 5.34. The third kappa shape index (κ3) is 3.20. The van der Waals surface area contributed by atoms with Gasteiger partial charge in [-0.25, -0.2) is 4.79 Å². The Kier molecular flexibility index (Phi) is 4.30. The highest BCUT2D eigenvalue weighted by Crippen LogP contribution is 2.30. The summed E-state index contributed by atoms with van der Waals surface area (Å²) in [4.78, 5) is 13.5. The zero-order valence-corrected chi connectivity index (χ0v) is 10.4. The summed E-state index contributed by atoms with van der Waals surface area (Å²) in [5, 5.41) is 0. The summed E-state index contributed by atoms with van der Waals surface area (Å²) in [6.07, 6.45) is 5.41. The fraction of sp³-hybridized carbons (Fsp3) is 0.615. The quantitative estimate of drug-likeness (QED) is 0.405. The lowest BCUT2D eigenvalue weighted by Gasteiger charge is -2.46. The van der Waals surface area contributed by atoms with Crippen LogP contribution in [0.3, 0.4) is 0 Å². The van der Waals surface area contributed by atoms with Crippen molar-refractivity contribution < 1.29 is 9.53 Å². The molecular formula is C13H21NO2. The number of esters is 1. The molecule has 0 saturated carbocycles. The van der Waals surface area contributed by atoms with Gasteiger partial charge in [-0.1, -0.05) is 18.7 Å². The number of nitrogens with zero attached hydrogens (tertiary/aromatic N) is 1. The van der Waals surface area contributed by atoms with Gasteiger partial charge in [0.05, 0.1) is 0 Å². The third-order valence-electron chi connectivity index (χ3n) is 3.07. The van der Waals surface area contributed by atoms with Gasteiger partial charge in [0.2, 0.25) is 0 Å². The van der Waals surface area contributed by atoms with Crippen molar-refractivity contribution >= 4 is 5.97 Å². The second-order valence-electron chi connectivity index (χ2n) is 4.71. The molecule has 0 atom stereocenters. The normalized spacial score (nSPS) is 18.4. The van der Waals surface area contributed by atoms with Crippen molar-refractivity contribution in [3.8, 4) is 0 Å². The van der Waals surface area contributed by atoms with Gasteiger partial charge in [0.1, 0.15) is 5.60 Å². The molecule has 3 heteroatoms. The van der Waals surface area contributed by atoms with E-state index in [4.69, 9.17) is 4.74 Å². The topological polar surface area (TPSA) is 29.5 Å². The Morgan fingerprint density at radius 1 is 1.56 bits per heavy atom. The van der Waals surface area contributed by atoms with E-state index in [9.17, 15) is 4.79 Å². The van der Waals surface area contributed by atoms with Crippen LogP contribution in [0, 0.1) is 5.92 Å². The van der Waals surface area contributed by atoms with Crippen LogP contribution < -0.4 is 0 Å². The fourth-order valence-electron chi connectivity index (χ4n) is 1.80. The minimum atomic E-state index is -0.391. The molecule has 16 heavy (non-hydrogen) atoms. The molecule has 1 aliphatic rings. The molecule has 3 nitrogen and oxygen atoms in total. The van der Waals surface area contributed by atoms with Crippen molar-refractivity contribution in [2.75, 3.05) is 19.6 Å². The summed E-state index contributed by atoms with van der Waals surface area (Å²) in [5.74, 6) is 0.0820. The Hall–Kier alpha value is -1.09. The highest BCUT2D eigenvalue weighted by molar-refractivity contribution is 5.81. The molecule has 0 aromatic rings. The van der Waals surface area contributed by atoms with E-state index in [0.29, 0.717) is 5.92 Å². The van der Waals surface area contributed by atoms with Crippen LogP contribution in [-0.2, 0) is 9.53 Å². The second kappa shape index (κ2) is 5.30. The van der Waals surface area contributed by atoms with E-state index in [1.165, 1.54) is 6.08 Å². The van der Waals surface area contributed by atoms with E-state index in [1.807, 2.05) is 20.8 Å². The summed E-state index contributed by atoms with van der Waals surface area (Å²) in [6.45, 7) is 12.3. The molecule has 1 rings (SSSR count). The standard InChI is InChI=1S/C13H21NO2/c1-5-7-8-14-9-11(10-14)13(3,4)16-12(15)6-2/h5-7,11H,2,8-10H2,1,3-4H3. The van der Waals surface area contributed by atoms with Gasteiger partial charge in [-0.3, -0.25) is 4.90 Å². The van der Waals surface area contributed by atoms with Crippen LogP contribution in [0.1, 0.15) is 20.8 Å². The van der Waals surface area contributed by atoms with Crippen LogP contribution in [-0.4, -0.2) is 36.1 Å². The Labute approximate surface area is 97.8 Å². The lowest BCUT2D eigenvalue weighted by molar-refractivity contribution is -0.162. The van der Waals surface area contributed by atoms with Crippen molar-refractivity contribution in [1.82, 2.24) is 4.90 Å². The Bertz CT molecular complexity index is 288. The summed E-state index contributed by atoms with van der Waals surface area (Å²) in [5.41, 5.74) is -0.391. The van der Waals surface area contributed by atoms with Gasteiger partial charge in [0, 0.05) is 31.6 Å². The van der Waals surface area contributed by atoms with Crippen molar-refractivity contribution in [2.45, 2.75) is 26.4 Å². The molecule has 0 aromatic heterocycles. The van der Waals surface area contributed by atoms with E-state index in [-0.39, 0.29) is 5.97 Å². The molecule has 0 N–H and O–H groups in total. The van der Waals surface area contributed by atoms with E-state index >= 15 is 0 Å². The minimum absolute atomic E-state index is 0.336. The van der Waals surface area contributed by atoms with Gasteiger partial charge in [-0.05, 0) is 20.8 Å². The molecule has 0 radical (unpaired) electrons. The van der Waals surface area contributed by atoms with Gasteiger partial charge < -0.3 is 4.74 Å². The number of allylic oxidation sites excluding steroid dienone is 1. The van der Waals surface area contributed by atoms with Crippen LogP contribution in [0.5, 0.6) is 0 Å². The second-order valence-corrected chi connectivity index (χ2v) is 4.71. The van der Waals surface area contributed by atoms with Gasteiger partial charge in [-0.2, -0.15) is 0 Å². The van der Waals surface area contributed by atoms with Gasteiger partial charge in [0.25, 0.3) is 0 Å². The smallest absolute Gasteiger partial charge is 0.330 e. The van der Waals surface area contributed by atoms with E-state index in [2.05, 4.69) is 23.6 Å². The molecule has 0 bridgehead atoms. The number of likely N-dealkylation sites (tertiary alicyclic amines) is 1. The monoisotopic (exact) mass is 223 g/mol. The number of hydrogen-bond donors (Lipinski definition) is 0. The van der Waals surface area contributed by atoms with Crippen LogP contribution in [0.4, 0.5) is 0 Å². The van der Waals surface area contributed by atoms with E-state index in [0.717, 1.165) is 19.6 Å². The number of rotatable bonds is 5. The number of ether oxygens (including phenoxy) is 1. The lowest BCUT2D eigenvalue weighted by atomic mass is 9.84. The average Bonchev–Trinajstić information content (AvgIpc) is 2.14. The molecule has 0 spiro atoms. The number of carbonyl (C=O) groups is 1. The van der Waals surface area contributed by atoms with Crippen LogP contribution >= 0.6 is 0 Å². The van der Waals surface area contributed by atoms with E-state index in [1.54, 1.807) is 0 Å². The summed E-state index contributed by atoms with van der Waals surface area (Å²) in [6, 6.07) is 0. The first-order chi connectivity index (χ1) is 7.49. The fourth-order valence-corrected chi connectivity index (χ4v) is 1.80. The maximum atomic E-state index is 11.2. The average molecular weight is 223 g/mol. The number of hydrogen-bond acceptors (Lipinski definition) is 3. The first kappa shape index (κ1) is 13.0. The molecule has 90 valence electrons. The molecule has 0 aromatic carbocycles. The first-order valence-electron chi connectivity index (χ1n) is 5.68. The Morgan fingerprint density at radius 2 is 2.19 bits per heavy atom. The van der Waals surface area contributed by atoms with Gasteiger partial charge in [-0.15, -0.1) is 0 Å². The van der Waals surface area contributed by atoms with Crippen molar-refractivity contribution in [3.63, 3.8) is 0 Å². The maximum Gasteiger partial charge on any atom is 0.330 e. The molecule has 1 aliphatic heterocycles. The van der Waals surface area contributed by atoms with Crippen molar-refractivity contribution in [3.05, 3.63) is 24.8 Å². The SMILES string of the molecule is C=CC(=O)OC(C)(C)C1CN(CC=CC)C1. The third-order valence-corrected chi connectivity index (χ3v) is 3.07. The Morgan fingerprint density at radius 3 is 2.69 bits per heavy atom. The molecule has 0 aliphatic carbocycles. The Balaban J connectivity index is 2.37. The predicted octanol–water partition coefficient (Wildman–Crippen LogP) is 2.00. The first-order valence-corrected chi connectivity index (χ1v) is 5.68. The van der Waals surface area contributed by atoms with Crippen LogP contribution in [0.25, 0.3) is 0 Å². The van der Waals surface area contributed by atoms with Gasteiger partial charge >= 0.3 is 5.97 Å². The lowest BCUT2D eigenvalue weighted by Crippen LogP contribution is -2.56. The summed E-state index contributed by atoms with van der Waals surface area (Å²) >= 11 is 0. The van der Waals surface area contributed by atoms with Crippen LogP contribution in [0.15, 0.2) is 24.8 Å². The maximum absolute atomic E-state index is 11.2. The zero-order chi connectivity index (χ0) is 12.2. The van der Waals surface area contributed by atoms with Crippen LogP contribution in [0.2, 0.25) is 0 Å².